The second-order valence-corrected chi connectivity index (χ2v) is 5.27. The molecule has 0 saturated heterocycles. The Kier molecular flexibility index (Phi) is 5.62. The zero-order valence-corrected chi connectivity index (χ0v) is 10.8. The Hall–Kier alpha value is -0.0800. The maximum atomic E-state index is 6.01. The highest BCUT2D eigenvalue weighted by Gasteiger charge is 2.24. The molecular formula is C13H27NO. The average molecular weight is 213 g/mol. The zero-order valence-electron chi connectivity index (χ0n) is 10.8. The first-order valence-corrected chi connectivity index (χ1v) is 6.44. The van der Waals surface area contributed by atoms with Gasteiger partial charge in [-0.05, 0) is 44.6 Å². The molecule has 1 aliphatic rings. The summed E-state index contributed by atoms with van der Waals surface area (Å²) in [6.45, 7) is 7.77. The van der Waals surface area contributed by atoms with E-state index in [0.29, 0.717) is 12.1 Å². The topological polar surface area (TPSA) is 21.3 Å². The van der Waals surface area contributed by atoms with Crippen molar-refractivity contribution in [3.05, 3.63) is 0 Å². The van der Waals surface area contributed by atoms with Gasteiger partial charge in [-0.15, -0.1) is 0 Å². The molecule has 0 heterocycles. The maximum absolute atomic E-state index is 6.01. The summed E-state index contributed by atoms with van der Waals surface area (Å²) in [5.74, 6) is 1.68. The van der Waals surface area contributed by atoms with Crippen LogP contribution in [-0.4, -0.2) is 25.8 Å². The van der Waals surface area contributed by atoms with Crippen molar-refractivity contribution >= 4 is 0 Å². The van der Waals surface area contributed by atoms with Gasteiger partial charge in [0.2, 0.25) is 0 Å². The molecular weight excluding hydrogens is 186 g/mol. The van der Waals surface area contributed by atoms with E-state index in [0.717, 1.165) is 24.9 Å². The van der Waals surface area contributed by atoms with E-state index in [1.807, 2.05) is 7.05 Å². The van der Waals surface area contributed by atoms with Crippen molar-refractivity contribution in [3.63, 3.8) is 0 Å². The second kappa shape index (κ2) is 6.49. The number of likely N-dealkylation sites (N-methyl/N-ethyl adjacent to an activating group) is 1. The molecule has 2 nitrogen and oxygen atoms in total. The van der Waals surface area contributed by atoms with Gasteiger partial charge in [0.25, 0.3) is 0 Å². The monoisotopic (exact) mass is 213 g/mol. The summed E-state index contributed by atoms with van der Waals surface area (Å²) >= 11 is 0. The number of hydrogen-bond acceptors (Lipinski definition) is 2. The molecule has 0 spiro atoms. The van der Waals surface area contributed by atoms with Crippen molar-refractivity contribution in [2.45, 2.75) is 58.6 Å². The molecule has 90 valence electrons. The molecule has 1 N–H and O–H groups in total. The summed E-state index contributed by atoms with van der Waals surface area (Å²) in [5.41, 5.74) is 0. The first-order valence-electron chi connectivity index (χ1n) is 6.44. The lowest BCUT2D eigenvalue weighted by Gasteiger charge is -2.32. The maximum Gasteiger partial charge on any atom is 0.0623 e. The van der Waals surface area contributed by atoms with Gasteiger partial charge in [0.05, 0.1) is 12.7 Å². The molecule has 3 unspecified atom stereocenters. The fraction of sp³-hybridized carbons (Fsp3) is 1.00. The van der Waals surface area contributed by atoms with E-state index in [2.05, 4.69) is 26.1 Å². The van der Waals surface area contributed by atoms with Crippen molar-refractivity contribution in [2.75, 3.05) is 13.7 Å². The van der Waals surface area contributed by atoms with Gasteiger partial charge in [-0.1, -0.05) is 20.8 Å². The highest BCUT2D eigenvalue weighted by molar-refractivity contribution is 4.76. The molecule has 0 bridgehead atoms. The molecule has 1 aliphatic carbocycles. The molecule has 0 amide bonds. The minimum absolute atomic E-state index is 0.506. The van der Waals surface area contributed by atoms with Gasteiger partial charge in [0, 0.05) is 6.04 Å². The lowest BCUT2D eigenvalue weighted by molar-refractivity contribution is -0.00849. The van der Waals surface area contributed by atoms with Crippen molar-refractivity contribution in [1.29, 1.82) is 0 Å². The largest absolute Gasteiger partial charge is 0.377 e. The summed E-state index contributed by atoms with van der Waals surface area (Å²) in [6, 6.07) is 0.525. The lowest BCUT2D eigenvalue weighted by atomic mass is 9.82. The summed E-state index contributed by atoms with van der Waals surface area (Å²) in [7, 11) is 2.02. The Morgan fingerprint density at radius 2 is 1.80 bits per heavy atom. The molecule has 0 aromatic carbocycles. The molecule has 1 fully saturated rings. The Morgan fingerprint density at radius 3 is 2.27 bits per heavy atom. The summed E-state index contributed by atoms with van der Waals surface area (Å²) < 4.78 is 6.01. The van der Waals surface area contributed by atoms with Crippen LogP contribution in [0.5, 0.6) is 0 Å². The Morgan fingerprint density at radius 1 is 1.20 bits per heavy atom. The molecule has 1 rings (SSSR count). The normalized spacial score (nSPS) is 34.0. The molecule has 1 saturated carbocycles. The van der Waals surface area contributed by atoms with Gasteiger partial charge in [0.15, 0.2) is 0 Å². The molecule has 0 aliphatic heterocycles. The average Bonchev–Trinajstić information content (AvgIpc) is 2.18. The van der Waals surface area contributed by atoms with Crippen LogP contribution in [0, 0.1) is 11.8 Å². The van der Waals surface area contributed by atoms with Crippen LogP contribution in [0.25, 0.3) is 0 Å². The smallest absolute Gasteiger partial charge is 0.0623 e. The number of ether oxygens (including phenoxy) is 1. The van der Waals surface area contributed by atoms with E-state index >= 15 is 0 Å². The van der Waals surface area contributed by atoms with Crippen LogP contribution < -0.4 is 5.32 Å². The minimum atomic E-state index is 0.506. The Balaban J connectivity index is 2.25. The lowest BCUT2D eigenvalue weighted by Crippen LogP contribution is -2.34. The summed E-state index contributed by atoms with van der Waals surface area (Å²) in [6.07, 6.45) is 5.54. The highest BCUT2D eigenvalue weighted by atomic mass is 16.5. The van der Waals surface area contributed by atoms with Crippen LogP contribution in [0.4, 0.5) is 0 Å². The van der Waals surface area contributed by atoms with Gasteiger partial charge < -0.3 is 10.1 Å². The molecule has 2 heteroatoms. The van der Waals surface area contributed by atoms with E-state index in [1.165, 1.54) is 19.3 Å². The number of hydrogen-bond donors (Lipinski definition) is 1. The SMILES string of the molecule is CCC(COC1CC(C)CC(C)C1)NC. The number of nitrogens with one attached hydrogen (secondary N) is 1. The van der Waals surface area contributed by atoms with Crippen molar-refractivity contribution in [2.24, 2.45) is 11.8 Å². The fourth-order valence-corrected chi connectivity index (χ4v) is 2.67. The van der Waals surface area contributed by atoms with E-state index in [4.69, 9.17) is 4.74 Å². The van der Waals surface area contributed by atoms with Gasteiger partial charge in [-0.25, -0.2) is 0 Å². The van der Waals surface area contributed by atoms with Crippen LogP contribution in [0.15, 0.2) is 0 Å². The predicted octanol–water partition coefficient (Wildman–Crippen LogP) is 2.83. The predicted molar refractivity (Wildman–Crippen MR) is 65.1 cm³/mol. The quantitative estimate of drug-likeness (QED) is 0.758. The Bertz CT molecular complexity index is 158. The van der Waals surface area contributed by atoms with Crippen LogP contribution in [0.2, 0.25) is 0 Å². The van der Waals surface area contributed by atoms with Crippen molar-refractivity contribution in [1.82, 2.24) is 5.32 Å². The van der Waals surface area contributed by atoms with Crippen LogP contribution in [-0.2, 0) is 4.74 Å². The van der Waals surface area contributed by atoms with E-state index in [1.54, 1.807) is 0 Å². The molecule has 3 atom stereocenters. The van der Waals surface area contributed by atoms with Gasteiger partial charge in [0.1, 0.15) is 0 Å². The molecule has 0 aromatic rings. The van der Waals surface area contributed by atoms with Crippen molar-refractivity contribution < 1.29 is 4.74 Å². The Labute approximate surface area is 94.8 Å². The summed E-state index contributed by atoms with van der Waals surface area (Å²) in [5, 5.41) is 3.29. The van der Waals surface area contributed by atoms with Crippen LogP contribution in [0.1, 0.15) is 46.5 Å². The number of rotatable bonds is 5. The minimum Gasteiger partial charge on any atom is -0.377 e. The first-order chi connectivity index (χ1) is 7.15. The molecule has 15 heavy (non-hydrogen) atoms. The standard InChI is InChI=1S/C13H27NO/c1-5-12(14-4)9-15-13-7-10(2)6-11(3)8-13/h10-14H,5-9H2,1-4H3. The van der Waals surface area contributed by atoms with Gasteiger partial charge >= 0.3 is 0 Å². The third-order valence-electron chi connectivity index (χ3n) is 3.57. The molecule has 0 radical (unpaired) electrons. The van der Waals surface area contributed by atoms with Gasteiger partial charge in [-0.3, -0.25) is 0 Å². The highest BCUT2D eigenvalue weighted by Crippen LogP contribution is 2.30. The third-order valence-corrected chi connectivity index (χ3v) is 3.57. The van der Waals surface area contributed by atoms with E-state index in [-0.39, 0.29) is 0 Å². The first kappa shape index (κ1) is 13.0. The second-order valence-electron chi connectivity index (χ2n) is 5.27. The van der Waals surface area contributed by atoms with Crippen LogP contribution in [0.3, 0.4) is 0 Å². The van der Waals surface area contributed by atoms with Crippen molar-refractivity contribution in [3.8, 4) is 0 Å². The third kappa shape index (κ3) is 4.52. The fourth-order valence-electron chi connectivity index (χ4n) is 2.67. The summed E-state index contributed by atoms with van der Waals surface area (Å²) in [4.78, 5) is 0. The van der Waals surface area contributed by atoms with E-state index < -0.39 is 0 Å². The van der Waals surface area contributed by atoms with Crippen LogP contribution >= 0.6 is 0 Å². The molecule has 0 aromatic heterocycles. The van der Waals surface area contributed by atoms with Gasteiger partial charge in [-0.2, -0.15) is 0 Å². The van der Waals surface area contributed by atoms with E-state index in [9.17, 15) is 0 Å². The zero-order chi connectivity index (χ0) is 11.3.